The lowest BCUT2D eigenvalue weighted by atomic mass is 10.1. The van der Waals surface area contributed by atoms with Gasteiger partial charge in [-0.2, -0.15) is 0 Å². The van der Waals surface area contributed by atoms with E-state index in [9.17, 15) is 24.5 Å². The molecule has 2 aliphatic rings. The van der Waals surface area contributed by atoms with Crippen LogP contribution in [0, 0.1) is 10.1 Å². The van der Waals surface area contributed by atoms with Crippen molar-refractivity contribution < 1.29 is 24.0 Å². The fourth-order valence-corrected chi connectivity index (χ4v) is 4.07. The Labute approximate surface area is 190 Å². The summed E-state index contributed by atoms with van der Waals surface area (Å²) in [6, 6.07) is 12.9. The van der Waals surface area contributed by atoms with Gasteiger partial charge in [0, 0.05) is 43.9 Å². The first-order chi connectivity index (χ1) is 16.0. The van der Waals surface area contributed by atoms with E-state index in [2.05, 4.69) is 4.90 Å². The highest BCUT2D eigenvalue weighted by Gasteiger charge is 2.44. The minimum atomic E-state index is -0.943. The van der Waals surface area contributed by atoms with Crippen LogP contribution >= 0.6 is 0 Å². The van der Waals surface area contributed by atoms with E-state index < -0.39 is 22.8 Å². The van der Waals surface area contributed by atoms with E-state index >= 15 is 0 Å². The number of morpholine rings is 1. The van der Waals surface area contributed by atoms with Gasteiger partial charge in [0.25, 0.3) is 17.5 Å². The quantitative estimate of drug-likeness (QED) is 0.357. The van der Waals surface area contributed by atoms with Gasteiger partial charge in [0.05, 0.1) is 30.2 Å². The van der Waals surface area contributed by atoms with Crippen LogP contribution in [0.4, 0.5) is 11.4 Å². The number of nitro groups is 1. The molecule has 3 amide bonds. The number of non-ortho nitro benzene ring substituents is 1. The molecule has 2 saturated heterocycles. The molecule has 1 atom stereocenters. The monoisotopic (exact) mass is 452 g/mol. The number of nitro benzene ring substituents is 1. The van der Waals surface area contributed by atoms with E-state index in [-0.39, 0.29) is 30.1 Å². The molecule has 10 nitrogen and oxygen atoms in total. The number of rotatable bonds is 7. The second-order valence-electron chi connectivity index (χ2n) is 7.88. The lowest BCUT2D eigenvalue weighted by Crippen LogP contribution is -2.49. The Morgan fingerprint density at radius 3 is 2.36 bits per heavy atom. The molecule has 10 heteroatoms. The maximum Gasteiger partial charge on any atom is 0.269 e. The van der Waals surface area contributed by atoms with Crippen LogP contribution in [-0.4, -0.2) is 77.9 Å². The van der Waals surface area contributed by atoms with Gasteiger partial charge in [0.2, 0.25) is 5.91 Å². The third-order valence-corrected chi connectivity index (χ3v) is 5.86. The van der Waals surface area contributed by atoms with Crippen molar-refractivity contribution in [2.75, 3.05) is 44.3 Å². The summed E-state index contributed by atoms with van der Waals surface area (Å²) >= 11 is 0. The summed E-state index contributed by atoms with van der Waals surface area (Å²) in [5.74, 6) is -1.27. The second kappa shape index (κ2) is 9.88. The van der Waals surface area contributed by atoms with Crippen LogP contribution in [0.3, 0.4) is 0 Å². The molecule has 0 spiro atoms. The SMILES string of the molecule is O=C1CC(N(CCN2CCOCC2)C(=O)c2ccc([N+](=O)[O-])cc2)C(=O)N1c1ccccc1. The largest absolute Gasteiger partial charge is 0.379 e. The van der Waals surface area contributed by atoms with Gasteiger partial charge in [-0.05, 0) is 24.3 Å². The predicted octanol–water partition coefficient (Wildman–Crippen LogP) is 1.70. The van der Waals surface area contributed by atoms with E-state index in [0.29, 0.717) is 38.5 Å². The number of anilines is 1. The van der Waals surface area contributed by atoms with Crippen molar-refractivity contribution in [3.8, 4) is 0 Å². The molecule has 0 aliphatic carbocycles. The molecule has 2 aliphatic heterocycles. The predicted molar refractivity (Wildman–Crippen MR) is 119 cm³/mol. The van der Waals surface area contributed by atoms with Crippen molar-refractivity contribution in [2.45, 2.75) is 12.5 Å². The van der Waals surface area contributed by atoms with E-state index in [1.54, 1.807) is 30.3 Å². The van der Waals surface area contributed by atoms with Gasteiger partial charge in [-0.3, -0.25) is 29.4 Å². The molecule has 0 N–H and O–H groups in total. The molecule has 2 aromatic rings. The molecule has 1 unspecified atom stereocenters. The van der Waals surface area contributed by atoms with Crippen LogP contribution in [0.2, 0.25) is 0 Å². The van der Waals surface area contributed by atoms with Crippen LogP contribution in [0.25, 0.3) is 0 Å². The van der Waals surface area contributed by atoms with Gasteiger partial charge in [-0.25, -0.2) is 4.90 Å². The molecule has 0 saturated carbocycles. The van der Waals surface area contributed by atoms with Crippen LogP contribution in [0.15, 0.2) is 54.6 Å². The highest BCUT2D eigenvalue weighted by Crippen LogP contribution is 2.27. The third kappa shape index (κ3) is 4.91. The van der Waals surface area contributed by atoms with E-state index in [4.69, 9.17) is 4.74 Å². The first-order valence-electron chi connectivity index (χ1n) is 10.7. The molecular weight excluding hydrogens is 428 g/mol. The maximum absolute atomic E-state index is 13.4. The zero-order valence-electron chi connectivity index (χ0n) is 18.0. The van der Waals surface area contributed by atoms with E-state index in [0.717, 1.165) is 4.90 Å². The van der Waals surface area contributed by atoms with Crippen LogP contribution < -0.4 is 4.90 Å². The smallest absolute Gasteiger partial charge is 0.269 e. The van der Waals surface area contributed by atoms with Crippen LogP contribution in [0.5, 0.6) is 0 Å². The van der Waals surface area contributed by atoms with Crippen LogP contribution in [-0.2, 0) is 14.3 Å². The Bertz CT molecular complexity index is 1040. The van der Waals surface area contributed by atoms with Gasteiger partial charge in [-0.1, -0.05) is 18.2 Å². The number of hydrogen-bond donors (Lipinski definition) is 0. The lowest BCUT2D eigenvalue weighted by Gasteiger charge is -2.32. The zero-order valence-corrected chi connectivity index (χ0v) is 18.0. The van der Waals surface area contributed by atoms with Crippen molar-refractivity contribution in [1.82, 2.24) is 9.80 Å². The van der Waals surface area contributed by atoms with Crippen molar-refractivity contribution in [1.29, 1.82) is 0 Å². The number of carbonyl (C=O) groups is 3. The number of hydrogen-bond acceptors (Lipinski definition) is 7. The molecule has 2 fully saturated rings. The average molecular weight is 452 g/mol. The standard InChI is InChI=1S/C23H24N4O6/c28-21-16-20(23(30)26(21)18-4-2-1-3-5-18)25(11-10-24-12-14-33-15-13-24)22(29)17-6-8-19(9-7-17)27(31)32/h1-9,20H,10-16H2. The summed E-state index contributed by atoms with van der Waals surface area (Å²) in [5, 5.41) is 11.0. The van der Waals surface area contributed by atoms with Gasteiger partial charge in [-0.15, -0.1) is 0 Å². The molecule has 4 rings (SSSR count). The minimum Gasteiger partial charge on any atom is -0.379 e. The number of carbonyl (C=O) groups excluding carboxylic acids is 3. The van der Waals surface area contributed by atoms with Crippen molar-refractivity contribution >= 4 is 29.1 Å². The highest BCUT2D eigenvalue weighted by molar-refractivity contribution is 6.23. The summed E-state index contributed by atoms with van der Waals surface area (Å²) in [5.41, 5.74) is 0.556. The summed E-state index contributed by atoms with van der Waals surface area (Å²) < 4.78 is 5.37. The third-order valence-electron chi connectivity index (χ3n) is 5.86. The Morgan fingerprint density at radius 1 is 1.06 bits per heavy atom. The minimum absolute atomic E-state index is 0.116. The molecule has 2 aromatic carbocycles. The summed E-state index contributed by atoms with van der Waals surface area (Å²) in [4.78, 5) is 54.5. The first kappa shape index (κ1) is 22.6. The first-order valence-corrected chi connectivity index (χ1v) is 10.7. The topological polar surface area (TPSA) is 113 Å². The Hall–Kier alpha value is -3.63. The van der Waals surface area contributed by atoms with Gasteiger partial charge in [0.1, 0.15) is 6.04 Å². The number of nitrogens with zero attached hydrogens (tertiary/aromatic N) is 4. The van der Waals surface area contributed by atoms with Crippen molar-refractivity contribution in [2.24, 2.45) is 0 Å². The van der Waals surface area contributed by atoms with Crippen LogP contribution in [0.1, 0.15) is 16.8 Å². The second-order valence-corrected chi connectivity index (χ2v) is 7.88. The molecule has 0 aromatic heterocycles. The van der Waals surface area contributed by atoms with Gasteiger partial charge in [0.15, 0.2) is 0 Å². The number of ether oxygens (including phenoxy) is 1. The molecule has 2 heterocycles. The van der Waals surface area contributed by atoms with Gasteiger partial charge >= 0.3 is 0 Å². The molecular formula is C23H24N4O6. The van der Waals surface area contributed by atoms with E-state index in [1.165, 1.54) is 29.2 Å². The normalized spacial score (nSPS) is 19.0. The van der Waals surface area contributed by atoms with Crippen molar-refractivity contribution in [3.05, 3.63) is 70.3 Å². The molecule has 0 radical (unpaired) electrons. The van der Waals surface area contributed by atoms with Gasteiger partial charge < -0.3 is 9.64 Å². The Morgan fingerprint density at radius 2 is 1.73 bits per heavy atom. The molecule has 33 heavy (non-hydrogen) atoms. The summed E-state index contributed by atoms with van der Waals surface area (Å²) in [6.07, 6.45) is -0.116. The van der Waals surface area contributed by atoms with Crippen molar-refractivity contribution in [3.63, 3.8) is 0 Å². The lowest BCUT2D eigenvalue weighted by molar-refractivity contribution is -0.384. The highest BCUT2D eigenvalue weighted by atomic mass is 16.6. The Kier molecular flexibility index (Phi) is 6.76. The Balaban J connectivity index is 1.59. The number of imide groups is 1. The number of amides is 3. The fourth-order valence-electron chi connectivity index (χ4n) is 4.07. The number of benzene rings is 2. The summed E-state index contributed by atoms with van der Waals surface area (Å²) in [6.45, 7) is 3.38. The zero-order chi connectivity index (χ0) is 23.4. The maximum atomic E-state index is 13.4. The summed E-state index contributed by atoms with van der Waals surface area (Å²) in [7, 11) is 0. The fraction of sp³-hybridized carbons (Fsp3) is 0.348. The van der Waals surface area contributed by atoms with E-state index in [1.807, 2.05) is 0 Å². The molecule has 0 bridgehead atoms. The number of para-hydroxylation sites is 1. The average Bonchev–Trinajstić information content (AvgIpc) is 3.13. The molecule has 172 valence electrons.